The molecule has 0 aliphatic rings. The largest absolute Gasteiger partial charge is 0.380 e. The minimum atomic E-state index is 0.266. The highest BCUT2D eigenvalue weighted by atomic mass is 79.9. The molecule has 1 rings (SSSR count). The maximum atomic E-state index is 5.46. The Hall–Kier alpha value is -0.380. The van der Waals surface area contributed by atoms with E-state index < -0.39 is 0 Å². The number of benzene rings is 1. The van der Waals surface area contributed by atoms with Gasteiger partial charge in [-0.25, -0.2) is 0 Å². The monoisotopic (exact) mass is 271 g/mol. The van der Waals surface area contributed by atoms with Gasteiger partial charge in [-0.15, -0.1) is 0 Å². The highest BCUT2D eigenvalue weighted by molar-refractivity contribution is 9.10. The summed E-state index contributed by atoms with van der Waals surface area (Å²) in [6.45, 7) is 5.61. The summed E-state index contributed by atoms with van der Waals surface area (Å²) in [4.78, 5) is 0. The van der Waals surface area contributed by atoms with E-state index in [1.54, 1.807) is 0 Å². The van der Waals surface area contributed by atoms with Crippen molar-refractivity contribution in [2.45, 2.75) is 19.9 Å². The smallest absolute Gasteiger partial charge is 0.0661 e. The van der Waals surface area contributed by atoms with Crippen molar-refractivity contribution < 1.29 is 4.74 Å². The van der Waals surface area contributed by atoms with E-state index in [0.717, 1.165) is 11.1 Å². The predicted molar refractivity (Wildman–Crippen MR) is 67.2 cm³/mol. The standard InChI is InChI=1S/C12H18BrNO/c1-4-15-8-12(14-3)11-7-10(13)6-5-9(11)2/h5-7,12,14H,4,8H2,1-3H3. The van der Waals surface area contributed by atoms with Gasteiger partial charge in [-0.05, 0) is 44.2 Å². The van der Waals surface area contributed by atoms with Crippen molar-refractivity contribution >= 4 is 15.9 Å². The first-order valence-corrected chi connectivity index (χ1v) is 5.99. The van der Waals surface area contributed by atoms with E-state index in [1.807, 2.05) is 14.0 Å². The molecule has 1 unspecified atom stereocenters. The second kappa shape index (κ2) is 6.26. The zero-order chi connectivity index (χ0) is 11.3. The summed E-state index contributed by atoms with van der Waals surface area (Å²) in [5.74, 6) is 0. The fraction of sp³-hybridized carbons (Fsp3) is 0.500. The first kappa shape index (κ1) is 12.7. The molecule has 0 heterocycles. The zero-order valence-electron chi connectivity index (χ0n) is 9.51. The molecule has 2 nitrogen and oxygen atoms in total. The molecule has 0 spiro atoms. The van der Waals surface area contributed by atoms with Crippen LogP contribution in [0.1, 0.15) is 24.1 Å². The number of ether oxygens (including phenoxy) is 1. The van der Waals surface area contributed by atoms with Crippen LogP contribution in [-0.2, 0) is 4.74 Å². The van der Waals surface area contributed by atoms with Crippen LogP contribution in [0.15, 0.2) is 22.7 Å². The normalized spacial score (nSPS) is 12.8. The minimum absolute atomic E-state index is 0.266. The predicted octanol–water partition coefficient (Wildman–Crippen LogP) is 3.05. The van der Waals surface area contributed by atoms with Gasteiger partial charge in [0.15, 0.2) is 0 Å². The summed E-state index contributed by atoms with van der Waals surface area (Å²) >= 11 is 3.49. The van der Waals surface area contributed by atoms with Gasteiger partial charge in [0.05, 0.1) is 12.6 Å². The summed E-state index contributed by atoms with van der Waals surface area (Å²) in [6, 6.07) is 6.60. The highest BCUT2D eigenvalue weighted by Crippen LogP contribution is 2.22. The molecule has 3 heteroatoms. The fourth-order valence-electron chi connectivity index (χ4n) is 1.55. The van der Waals surface area contributed by atoms with Crippen molar-refractivity contribution in [3.8, 4) is 0 Å². The van der Waals surface area contributed by atoms with Gasteiger partial charge in [0.2, 0.25) is 0 Å². The van der Waals surface area contributed by atoms with Crippen molar-refractivity contribution in [1.29, 1.82) is 0 Å². The Bertz CT molecular complexity index is 314. The van der Waals surface area contributed by atoms with Gasteiger partial charge in [-0.3, -0.25) is 0 Å². The van der Waals surface area contributed by atoms with E-state index in [-0.39, 0.29) is 6.04 Å². The molecule has 0 aliphatic carbocycles. The lowest BCUT2D eigenvalue weighted by molar-refractivity contribution is 0.125. The van der Waals surface area contributed by atoms with Crippen LogP contribution in [0.25, 0.3) is 0 Å². The Morgan fingerprint density at radius 2 is 2.20 bits per heavy atom. The topological polar surface area (TPSA) is 21.3 Å². The Morgan fingerprint density at radius 3 is 2.80 bits per heavy atom. The van der Waals surface area contributed by atoms with Crippen molar-refractivity contribution in [1.82, 2.24) is 5.32 Å². The van der Waals surface area contributed by atoms with E-state index in [2.05, 4.69) is 46.4 Å². The molecule has 0 aliphatic heterocycles. The second-order valence-electron chi connectivity index (χ2n) is 3.50. The fourth-order valence-corrected chi connectivity index (χ4v) is 1.93. The van der Waals surface area contributed by atoms with Gasteiger partial charge in [0, 0.05) is 11.1 Å². The number of rotatable bonds is 5. The van der Waals surface area contributed by atoms with Crippen LogP contribution in [-0.4, -0.2) is 20.3 Å². The van der Waals surface area contributed by atoms with E-state index in [0.29, 0.717) is 6.61 Å². The average molecular weight is 272 g/mol. The first-order chi connectivity index (χ1) is 7.19. The van der Waals surface area contributed by atoms with Crippen molar-refractivity contribution in [2.24, 2.45) is 0 Å². The Labute approximate surface area is 100 Å². The third kappa shape index (κ3) is 3.59. The molecule has 1 N–H and O–H groups in total. The molecular formula is C12H18BrNO. The molecule has 1 aromatic carbocycles. The van der Waals surface area contributed by atoms with Gasteiger partial charge in [0.25, 0.3) is 0 Å². The van der Waals surface area contributed by atoms with Gasteiger partial charge >= 0.3 is 0 Å². The molecule has 0 radical (unpaired) electrons. The van der Waals surface area contributed by atoms with Crippen LogP contribution in [0.2, 0.25) is 0 Å². The summed E-state index contributed by atoms with van der Waals surface area (Å²) in [6.07, 6.45) is 0. The number of hydrogen-bond donors (Lipinski definition) is 1. The van der Waals surface area contributed by atoms with Crippen molar-refractivity contribution in [3.63, 3.8) is 0 Å². The minimum Gasteiger partial charge on any atom is -0.380 e. The molecule has 0 bridgehead atoms. The molecule has 1 aromatic rings. The van der Waals surface area contributed by atoms with Gasteiger partial charge in [0.1, 0.15) is 0 Å². The van der Waals surface area contributed by atoms with Crippen LogP contribution in [0, 0.1) is 6.92 Å². The van der Waals surface area contributed by atoms with Gasteiger partial charge < -0.3 is 10.1 Å². The molecule has 1 atom stereocenters. The molecule has 15 heavy (non-hydrogen) atoms. The molecule has 0 aromatic heterocycles. The molecular weight excluding hydrogens is 254 g/mol. The lowest BCUT2D eigenvalue weighted by Gasteiger charge is -2.18. The van der Waals surface area contributed by atoms with E-state index in [1.165, 1.54) is 11.1 Å². The van der Waals surface area contributed by atoms with E-state index >= 15 is 0 Å². The summed E-state index contributed by atoms with van der Waals surface area (Å²) in [5, 5.41) is 3.28. The van der Waals surface area contributed by atoms with E-state index in [9.17, 15) is 0 Å². The number of nitrogens with one attached hydrogen (secondary N) is 1. The molecule has 0 saturated carbocycles. The Morgan fingerprint density at radius 1 is 1.47 bits per heavy atom. The summed E-state index contributed by atoms with van der Waals surface area (Å²) < 4.78 is 6.57. The average Bonchev–Trinajstić information content (AvgIpc) is 2.24. The van der Waals surface area contributed by atoms with E-state index in [4.69, 9.17) is 4.74 Å². The maximum Gasteiger partial charge on any atom is 0.0661 e. The molecule has 84 valence electrons. The second-order valence-corrected chi connectivity index (χ2v) is 4.42. The van der Waals surface area contributed by atoms with Crippen LogP contribution < -0.4 is 5.32 Å². The molecule has 0 fully saturated rings. The van der Waals surface area contributed by atoms with Crippen LogP contribution in [0.5, 0.6) is 0 Å². The quantitative estimate of drug-likeness (QED) is 0.889. The van der Waals surface area contributed by atoms with Crippen LogP contribution in [0.3, 0.4) is 0 Å². The van der Waals surface area contributed by atoms with Crippen LogP contribution >= 0.6 is 15.9 Å². The molecule has 0 amide bonds. The summed E-state index contributed by atoms with van der Waals surface area (Å²) in [5.41, 5.74) is 2.58. The highest BCUT2D eigenvalue weighted by Gasteiger charge is 2.11. The number of aryl methyl sites for hydroxylation is 1. The van der Waals surface area contributed by atoms with Crippen LogP contribution in [0.4, 0.5) is 0 Å². The lowest BCUT2D eigenvalue weighted by Crippen LogP contribution is -2.22. The zero-order valence-corrected chi connectivity index (χ0v) is 11.1. The Balaban J connectivity index is 2.85. The Kier molecular flexibility index (Phi) is 5.29. The first-order valence-electron chi connectivity index (χ1n) is 5.20. The third-order valence-electron chi connectivity index (χ3n) is 2.45. The third-order valence-corrected chi connectivity index (χ3v) is 2.95. The summed E-state index contributed by atoms with van der Waals surface area (Å²) in [7, 11) is 1.96. The number of hydrogen-bond acceptors (Lipinski definition) is 2. The SMILES string of the molecule is CCOCC(NC)c1cc(Br)ccc1C. The molecule has 0 saturated heterocycles. The van der Waals surface area contributed by atoms with Crippen molar-refractivity contribution in [3.05, 3.63) is 33.8 Å². The van der Waals surface area contributed by atoms with Gasteiger partial charge in [-0.2, -0.15) is 0 Å². The lowest BCUT2D eigenvalue weighted by atomic mass is 10.0. The number of halogens is 1. The number of likely N-dealkylation sites (N-methyl/N-ethyl adjacent to an activating group) is 1. The van der Waals surface area contributed by atoms with Crippen molar-refractivity contribution in [2.75, 3.05) is 20.3 Å². The maximum absolute atomic E-state index is 5.46. The van der Waals surface area contributed by atoms with Gasteiger partial charge in [-0.1, -0.05) is 22.0 Å².